The monoisotopic (exact) mass is 323 g/mol. The highest BCUT2D eigenvalue weighted by atomic mass is 32.1. The Morgan fingerprint density at radius 2 is 1.95 bits per heavy atom. The second-order valence-electron chi connectivity index (χ2n) is 5.61. The second-order valence-corrected chi connectivity index (χ2v) is 6.27. The number of nitro benzene ring substituents is 2. The van der Waals surface area contributed by atoms with E-state index in [9.17, 15) is 25.0 Å². The first-order valence-electron chi connectivity index (χ1n) is 6.79. The number of nitro groups is 2. The number of rotatable bonds is 4. The summed E-state index contributed by atoms with van der Waals surface area (Å²) in [6.07, 6.45) is 2.11. The Labute approximate surface area is 130 Å². The number of piperidine rings is 1. The van der Waals surface area contributed by atoms with Gasteiger partial charge in [-0.05, 0) is 24.8 Å². The van der Waals surface area contributed by atoms with Crippen LogP contribution in [0.3, 0.4) is 0 Å². The molecule has 2 bridgehead atoms. The molecule has 1 saturated carbocycles. The SMILES string of the molecule is O=Cc1ccc([N+](=O)[O-])c([N+](=O)[O-])c1N1CC2CC1CC2S. The van der Waals surface area contributed by atoms with Crippen molar-refractivity contribution >= 4 is 36.0 Å². The summed E-state index contributed by atoms with van der Waals surface area (Å²) in [5.41, 5.74) is -1.00. The van der Waals surface area contributed by atoms with E-state index in [1.807, 2.05) is 0 Å². The lowest BCUT2D eigenvalue weighted by atomic mass is 10.0. The van der Waals surface area contributed by atoms with E-state index in [2.05, 4.69) is 12.6 Å². The summed E-state index contributed by atoms with van der Waals surface area (Å²) in [7, 11) is 0. The molecule has 1 heterocycles. The Balaban J connectivity index is 2.17. The molecule has 22 heavy (non-hydrogen) atoms. The maximum atomic E-state index is 11.4. The van der Waals surface area contributed by atoms with Gasteiger partial charge in [0, 0.05) is 29.5 Å². The summed E-state index contributed by atoms with van der Waals surface area (Å²) in [6, 6.07) is 2.32. The van der Waals surface area contributed by atoms with Crippen LogP contribution in [0.5, 0.6) is 0 Å². The fraction of sp³-hybridized carbons (Fsp3) is 0.462. The van der Waals surface area contributed by atoms with E-state index in [1.54, 1.807) is 4.90 Å². The van der Waals surface area contributed by atoms with E-state index in [1.165, 1.54) is 6.07 Å². The van der Waals surface area contributed by atoms with Crippen LogP contribution in [0.25, 0.3) is 0 Å². The van der Waals surface area contributed by atoms with Crippen LogP contribution in [0.2, 0.25) is 0 Å². The van der Waals surface area contributed by atoms with Gasteiger partial charge >= 0.3 is 11.4 Å². The lowest BCUT2D eigenvalue weighted by Crippen LogP contribution is -2.37. The lowest BCUT2D eigenvalue weighted by molar-refractivity contribution is -0.422. The first-order valence-corrected chi connectivity index (χ1v) is 7.31. The summed E-state index contributed by atoms with van der Waals surface area (Å²) in [4.78, 5) is 34.0. The molecule has 3 atom stereocenters. The first-order chi connectivity index (χ1) is 10.4. The van der Waals surface area contributed by atoms with Crippen LogP contribution in [-0.2, 0) is 0 Å². The normalized spacial score (nSPS) is 26.2. The average Bonchev–Trinajstić information content (AvgIpc) is 3.04. The number of hydrogen-bond acceptors (Lipinski definition) is 7. The zero-order valence-electron chi connectivity index (χ0n) is 11.4. The van der Waals surface area contributed by atoms with Crippen molar-refractivity contribution in [1.29, 1.82) is 0 Å². The van der Waals surface area contributed by atoms with E-state index in [0.717, 1.165) is 18.9 Å². The van der Waals surface area contributed by atoms with Crippen LogP contribution < -0.4 is 4.90 Å². The molecule has 2 fully saturated rings. The highest BCUT2D eigenvalue weighted by Crippen LogP contribution is 2.48. The van der Waals surface area contributed by atoms with Gasteiger partial charge in [0.05, 0.1) is 9.85 Å². The Morgan fingerprint density at radius 1 is 1.23 bits per heavy atom. The lowest BCUT2D eigenvalue weighted by Gasteiger charge is -2.31. The van der Waals surface area contributed by atoms with Crippen LogP contribution in [0.1, 0.15) is 23.2 Å². The Morgan fingerprint density at radius 3 is 2.41 bits per heavy atom. The van der Waals surface area contributed by atoms with Crippen LogP contribution in [-0.4, -0.2) is 34.0 Å². The first kappa shape index (κ1) is 14.8. The highest BCUT2D eigenvalue weighted by molar-refractivity contribution is 7.81. The van der Waals surface area contributed by atoms with Gasteiger partial charge in [0.15, 0.2) is 6.29 Å². The molecule has 1 aromatic carbocycles. The number of carbonyl (C=O) groups excluding carboxylic acids is 1. The van der Waals surface area contributed by atoms with E-state index in [-0.39, 0.29) is 28.5 Å². The molecule has 0 radical (unpaired) electrons. The van der Waals surface area contributed by atoms with E-state index < -0.39 is 21.2 Å². The van der Waals surface area contributed by atoms with Crippen molar-refractivity contribution in [3.63, 3.8) is 0 Å². The van der Waals surface area contributed by atoms with Gasteiger partial charge in [-0.3, -0.25) is 25.0 Å². The maximum Gasteiger partial charge on any atom is 0.369 e. The minimum Gasteiger partial charge on any atom is -0.362 e. The van der Waals surface area contributed by atoms with Gasteiger partial charge in [-0.1, -0.05) is 0 Å². The van der Waals surface area contributed by atoms with Crippen LogP contribution >= 0.6 is 12.6 Å². The van der Waals surface area contributed by atoms with Crippen molar-refractivity contribution in [2.45, 2.75) is 24.1 Å². The molecular weight excluding hydrogens is 310 g/mol. The number of benzene rings is 1. The quantitative estimate of drug-likeness (QED) is 0.394. The third-order valence-electron chi connectivity index (χ3n) is 4.46. The standard InChI is InChI=1S/C13H13N3O5S/c17-6-7-1-2-10(15(18)19)13(16(20)21)12(7)14-5-8-3-9(14)4-11(8)22/h1-2,6,8-9,11,22H,3-5H2. The third-order valence-corrected chi connectivity index (χ3v) is 5.09. The van der Waals surface area contributed by atoms with Crippen LogP contribution in [0.4, 0.5) is 17.1 Å². The molecule has 3 unspecified atom stereocenters. The van der Waals surface area contributed by atoms with Crippen molar-refractivity contribution in [2.75, 3.05) is 11.4 Å². The van der Waals surface area contributed by atoms with Gasteiger partial charge in [-0.25, -0.2) is 0 Å². The fourth-order valence-electron chi connectivity index (χ4n) is 3.51. The molecule has 8 nitrogen and oxygen atoms in total. The number of thiol groups is 1. The fourth-order valence-corrected chi connectivity index (χ4v) is 3.97. The summed E-state index contributed by atoms with van der Waals surface area (Å²) in [5, 5.41) is 22.7. The van der Waals surface area contributed by atoms with Crippen LogP contribution in [0.15, 0.2) is 12.1 Å². The predicted octanol–water partition coefficient (Wildman–Crippen LogP) is 2.21. The van der Waals surface area contributed by atoms with Crippen molar-refractivity contribution in [1.82, 2.24) is 0 Å². The highest BCUT2D eigenvalue weighted by Gasteiger charge is 2.47. The molecule has 9 heteroatoms. The van der Waals surface area contributed by atoms with Gasteiger partial charge in [-0.2, -0.15) is 12.6 Å². The molecule has 0 aromatic heterocycles. The van der Waals surface area contributed by atoms with Gasteiger partial charge in [0.1, 0.15) is 5.69 Å². The minimum atomic E-state index is -0.786. The molecule has 0 N–H and O–H groups in total. The molecule has 1 aliphatic heterocycles. The van der Waals surface area contributed by atoms with E-state index in [4.69, 9.17) is 0 Å². The van der Waals surface area contributed by atoms with Crippen molar-refractivity contribution in [2.24, 2.45) is 5.92 Å². The molecule has 1 aliphatic carbocycles. The average molecular weight is 323 g/mol. The third kappa shape index (κ3) is 2.12. The largest absolute Gasteiger partial charge is 0.369 e. The molecule has 0 amide bonds. The zero-order chi connectivity index (χ0) is 16.0. The molecule has 1 saturated heterocycles. The number of aldehydes is 1. The topological polar surface area (TPSA) is 107 Å². The number of hydrogen-bond donors (Lipinski definition) is 1. The van der Waals surface area contributed by atoms with E-state index in [0.29, 0.717) is 12.8 Å². The molecule has 2 aliphatic rings. The smallest absolute Gasteiger partial charge is 0.362 e. The predicted molar refractivity (Wildman–Crippen MR) is 81.8 cm³/mol. The Kier molecular flexibility index (Phi) is 3.51. The Hall–Kier alpha value is -2.16. The van der Waals surface area contributed by atoms with Gasteiger partial charge in [0.2, 0.25) is 0 Å². The zero-order valence-corrected chi connectivity index (χ0v) is 12.3. The Bertz CT molecular complexity index is 678. The second kappa shape index (κ2) is 5.24. The number of fused-ring (bicyclic) bond motifs is 2. The summed E-state index contributed by atoms with van der Waals surface area (Å²) in [5.74, 6) is 0.284. The molecule has 3 rings (SSSR count). The van der Waals surface area contributed by atoms with Crippen molar-refractivity contribution < 1.29 is 14.6 Å². The van der Waals surface area contributed by atoms with Gasteiger partial charge < -0.3 is 4.90 Å². The minimum absolute atomic E-state index is 0.0342. The van der Waals surface area contributed by atoms with Gasteiger partial charge in [-0.15, -0.1) is 0 Å². The summed E-state index contributed by atoms with van der Waals surface area (Å²) >= 11 is 4.48. The van der Waals surface area contributed by atoms with E-state index >= 15 is 0 Å². The number of carbonyl (C=O) groups is 1. The molecule has 1 aromatic rings. The summed E-state index contributed by atoms with van der Waals surface area (Å²) in [6.45, 7) is 0.529. The van der Waals surface area contributed by atoms with Crippen LogP contribution in [0, 0.1) is 26.1 Å². The van der Waals surface area contributed by atoms with Gasteiger partial charge in [0.25, 0.3) is 0 Å². The molecule has 0 spiro atoms. The molecule has 116 valence electrons. The maximum absolute atomic E-state index is 11.4. The van der Waals surface area contributed by atoms with Crippen molar-refractivity contribution in [3.8, 4) is 0 Å². The summed E-state index contributed by atoms with van der Waals surface area (Å²) < 4.78 is 0. The number of nitrogens with zero attached hydrogens (tertiary/aromatic N) is 3. The van der Waals surface area contributed by atoms with Crippen molar-refractivity contribution in [3.05, 3.63) is 37.9 Å². The molecular formula is C13H13N3O5S. The number of anilines is 1.